The zero-order valence-electron chi connectivity index (χ0n) is 10.2. The molecule has 0 spiro atoms. The monoisotopic (exact) mass is 223 g/mol. The summed E-state index contributed by atoms with van der Waals surface area (Å²) in [5, 5.41) is 7.03. The van der Waals surface area contributed by atoms with Crippen molar-refractivity contribution >= 4 is 5.91 Å². The molecule has 0 saturated carbocycles. The van der Waals surface area contributed by atoms with Crippen LogP contribution in [0.5, 0.6) is 0 Å². The Morgan fingerprint density at radius 2 is 2.19 bits per heavy atom. The molecule has 0 unspecified atom stereocenters. The van der Waals surface area contributed by atoms with E-state index in [2.05, 4.69) is 17.3 Å². The fraction of sp³-hybridized carbons (Fsp3) is 0.667. The van der Waals surface area contributed by atoms with E-state index < -0.39 is 0 Å². The normalized spacial score (nSPS) is 10.4. The lowest BCUT2D eigenvalue weighted by atomic mass is 10.2. The minimum atomic E-state index is -0.0660. The summed E-state index contributed by atoms with van der Waals surface area (Å²) < 4.78 is 1.76. The number of hydrogen-bond donors (Lipinski definition) is 1. The van der Waals surface area contributed by atoms with Gasteiger partial charge in [-0.05, 0) is 19.4 Å². The van der Waals surface area contributed by atoms with Gasteiger partial charge in [-0.1, -0.05) is 26.2 Å². The van der Waals surface area contributed by atoms with Crippen LogP contribution in [0.4, 0.5) is 0 Å². The molecular weight excluding hydrogens is 202 g/mol. The lowest BCUT2D eigenvalue weighted by Gasteiger charge is -2.02. The van der Waals surface area contributed by atoms with Crippen LogP contribution >= 0.6 is 0 Å². The van der Waals surface area contributed by atoms with Gasteiger partial charge in [-0.15, -0.1) is 0 Å². The smallest absolute Gasteiger partial charge is 0.271 e. The molecule has 16 heavy (non-hydrogen) atoms. The second kappa shape index (κ2) is 7.04. The molecule has 1 aromatic heterocycles. The largest absolute Gasteiger partial charge is 0.351 e. The molecule has 0 aliphatic carbocycles. The molecule has 0 fully saturated rings. The van der Waals surface area contributed by atoms with Gasteiger partial charge in [-0.25, -0.2) is 0 Å². The number of rotatable bonds is 7. The molecule has 1 N–H and O–H groups in total. The van der Waals surface area contributed by atoms with Crippen molar-refractivity contribution in [2.45, 2.75) is 46.1 Å². The van der Waals surface area contributed by atoms with Crippen molar-refractivity contribution < 1.29 is 4.79 Å². The highest BCUT2D eigenvalue weighted by atomic mass is 16.1. The summed E-state index contributed by atoms with van der Waals surface area (Å²) in [5.74, 6) is -0.0660. The van der Waals surface area contributed by atoms with Crippen LogP contribution in [0.15, 0.2) is 12.3 Å². The summed E-state index contributed by atoms with van der Waals surface area (Å²) in [5.41, 5.74) is 0.511. The van der Waals surface area contributed by atoms with E-state index in [1.165, 1.54) is 19.3 Å². The molecule has 0 aliphatic rings. The first-order chi connectivity index (χ1) is 7.77. The molecule has 1 rings (SSSR count). The molecule has 0 atom stereocenters. The molecular formula is C12H21N3O. The van der Waals surface area contributed by atoms with Gasteiger partial charge in [0.05, 0.1) is 0 Å². The van der Waals surface area contributed by atoms with Crippen LogP contribution in [0.3, 0.4) is 0 Å². The molecule has 0 saturated heterocycles. The predicted octanol–water partition coefficient (Wildman–Crippen LogP) is 2.21. The van der Waals surface area contributed by atoms with Crippen molar-refractivity contribution in [1.29, 1.82) is 0 Å². The Bertz CT molecular complexity index is 320. The number of carbonyl (C=O) groups is 1. The molecule has 1 amide bonds. The fourth-order valence-electron chi connectivity index (χ4n) is 1.50. The van der Waals surface area contributed by atoms with Crippen LogP contribution in [0.1, 0.15) is 50.0 Å². The zero-order chi connectivity index (χ0) is 11.8. The maximum absolute atomic E-state index is 11.6. The Balaban J connectivity index is 2.24. The van der Waals surface area contributed by atoms with Gasteiger partial charge >= 0.3 is 0 Å². The van der Waals surface area contributed by atoms with Crippen LogP contribution in [0.25, 0.3) is 0 Å². The van der Waals surface area contributed by atoms with Crippen molar-refractivity contribution in [2.75, 3.05) is 6.54 Å². The Morgan fingerprint density at radius 1 is 1.38 bits per heavy atom. The summed E-state index contributed by atoms with van der Waals surface area (Å²) in [6.45, 7) is 5.72. The highest BCUT2D eigenvalue weighted by Gasteiger charge is 2.07. The molecule has 4 nitrogen and oxygen atoms in total. The first-order valence-electron chi connectivity index (χ1n) is 6.09. The van der Waals surface area contributed by atoms with Gasteiger partial charge in [-0.2, -0.15) is 5.10 Å². The van der Waals surface area contributed by atoms with Gasteiger partial charge in [0.1, 0.15) is 5.69 Å². The summed E-state index contributed by atoms with van der Waals surface area (Å²) in [4.78, 5) is 11.6. The number of nitrogens with zero attached hydrogens (tertiary/aromatic N) is 2. The van der Waals surface area contributed by atoms with Gasteiger partial charge in [0.15, 0.2) is 0 Å². The Labute approximate surface area is 97.0 Å². The summed E-state index contributed by atoms with van der Waals surface area (Å²) in [6, 6.07) is 1.75. The van der Waals surface area contributed by atoms with E-state index >= 15 is 0 Å². The Morgan fingerprint density at radius 3 is 2.81 bits per heavy atom. The maximum atomic E-state index is 11.6. The van der Waals surface area contributed by atoms with Gasteiger partial charge in [0.2, 0.25) is 0 Å². The minimum absolute atomic E-state index is 0.0660. The third-order valence-corrected chi connectivity index (χ3v) is 2.51. The summed E-state index contributed by atoms with van der Waals surface area (Å²) in [7, 11) is 0. The van der Waals surface area contributed by atoms with Gasteiger partial charge in [0.25, 0.3) is 5.91 Å². The molecule has 0 aliphatic heterocycles. The molecule has 1 aromatic rings. The van der Waals surface area contributed by atoms with Crippen molar-refractivity contribution in [3.05, 3.63) is 18.0 Å². The van der Waals surface area contributed by atoms with Gasteiger partial charge in [-0.3, -0.25) is 9.48 Å². The van der Waals surface area contributed by atoms with Crippen molar-refractivity contribution in [2.24, 2.45) is 0 Å². The number of aromatic nitrogens is 2. The van der Waals surface area contributed by atoms with Crippen LogP contribution in [0.2, 0.25) is 0 Å². The topological polar surface area (TPSA) is 46.9 Å². The lowest BCUT2D eigenvalue weighted by Crippen LogP contribution is -2.25. The molecule has 1 heterocycles. The second-order valence-corrected chi connectivity index (χ2v) is 3.87. The van der Waals surface area contributed by atoms with Crippen molar-refractivity contribution in [3.8, 4) is 0 Å². The summed E-state index contributed by atoms with van der Waals surface area (Å²) in [6.07, 6.45) is 6.51. The van der Waals surface area contributed by atoms with E-state index in [0.29, 0.717) is 5.69 Å². The van der Waals surface area contributed by atoms with Gasteiger partial charge < -0.3 is 5.32 Å². The SMILES string of the molecule is CCCCCCNC(=O)c1ccn(CC)n1. The number of amides is 1. The quantitative estimate of drug-likeness (QED) is 0.720. The fourth-order valence-corrected chi connectivity index (χ4v) is 1.50. The number of nitrogens with one attached hydrogen (secondary N) is 1. The first kappa shape index (κ1) is 12.7. The van der Waals surface area contributed by atoms with Crippen LogP contribution in [-0.2, 0) is 6.54 Å². The van der Waals surface area contributed by atoms with E-state index in [9.17, 15) is 4.79 Å². The average molecular weight is 223 g/mol. The lowest BCUT2D eigenvalue weighted by molar-refractivity contribution is 0.0947. The third kappa shape index (κ3) is 4.04. The van der Waals surface area contributed by atoms with E-state index in [-0.39, 0.29) is 5.91 Å². The Kier molecular flexibility index (Phi) is 5.61. The zero-order valence-corrected chi connectivity index (χ0v) is 10.2. The molecule has 0 radical (unpaired) electrons. The first-order valence-corrected chi connectivity index (χ1v) is 6.09. The van der Waals surface area contributed by atoms with Gasteiger partial charge in [0, 0.05) is 19.3 Å². The molecule has 0 bridgehead atoms. The maximum Gasteiger partial charge on any atom is 0.271 e. The number of carbonyl (C=O) groups excluding carboxylic acids is 1. The minimum Gasteiger partial charge on any atom is -0.351 e. The number of unbranched alkanes of at least 4 members (excludes halogenated alkanes) is 3. The number of aryl methyl sites for hydroxylation is 1. The molecule has 0 aromatic carbocycles. The highest BCUT2D eigenvalue weighted by Crippen LogP contribution is 1.99. The van der Waals surface area contributed by atoms with Crippen molar-refractivity contribution in [1.82, 2.24) is 15.1 Å². The van der Waals surface area contributed by atoms with E-state index in [4.69, 9.17) is 0 Å². The summed E-state index contributed by atoms with van der Waals surface area (Å²) >= 11 is 0. The van der Waals surface area contributed by atoms with Crippen LogP contribution < -0.4 is 5.32 Å². The molecule has 4 heteroatoms. The van der Waals surface area contributed by atoms with Crippen molar-refractivity contribution in [3.63, 3.8) is 0 Å². The van der Waals surface area contributed by atoms with E-state index in [1.54, 1.807) is 10.7 Å². The van der Waals surface area contributed by atoms with Crippen LogP contribution in [-0.4, -0.2) is 22.2 Å². The third-order valence-electron chi connectivity index (χ3n) is 2.51. The standard InChI is InChI=1S/C12H21N3O/c1-3-5-6-7-9-13-12(16)11-8-10-15(4-2)14-11/h8,10H,3-7,9H2,1-2H3,(H,13,16). The van der Waals surface area contributed by atoms with E-state index in [0.717, 1.165) is 19.5 Å². The second-order valence-electron chi connectivity index (χ2n) is 3.87. The number of hydrogen-bond acceptors (Lipinski definition) is 2. The molecule has 90 valence electrons. The Hall–Kier alpha value is -1.32. The van der Waals surface area contributed by atoms with E-state index in [1.807, 2.05) is 13.1 Å². The predicted molar refractivity (Wildman–Crippen MR) is 64.4 cm³/mol. The van der Waals surface area contributed by atoms with Crippen LogP contribution in [0, 0.1) is 0 Å². The highest BCUT2D eigenvalue weighted by molar-refractivity contribution is 5.92. The average Bonchev–Trinajstić information content (AvgIpc) is 2.77.